The minimum absolute atomic E-state index is 0.125. The molecule has 2 unspecified atom stereocenters. The summed E-state index contributed by atoms with van der Waals surface area (Å²) in [7, 11) is 0. The highest BCUT2D eigenvalue weighted by Crippen LogP contribution is 2.27. The van der Waals surface area contributed by atoms with Crippen LogP contribution in [0.5, 0.6) is 0 Å². The molecule has 1 aliphatic rings. The molecular formula is C14H24N4OS. The van der Waals surface area contributed by atoms with E-state index >= 15 is 0 Å². The van der Waals surface area contributed by atoms with Crippen LogP contribution in [0.15, 0.2) is 0 Å². The molecule has 20 heavy (non-hydrogen) atoms. The van der Waals surface area contributed by atoms with Crippen molar-refractivity contribution in [2.75, 3.05) is 6.26 Å². The van der Waals surface area contributed by atoms with E-state index in [0.717, 1.165) is 18.7 Å². The molecule has 1 aromatic heterocycles. The number of aromatic nitrogens is 3. The molecular weight excluding hydrogens is 272 g/mol. The summed E-state index contributed by atoms with van der Waals surface area (Å²) in [5, 5.41) is 10.6. The summed E-state index contributed by atoms with van der Waals surface area (Å²) in [4.78, 5) is 16.5. The fourth-order valence-corrected chi connectivity index (χ4v) is 3.27. The second-order valence-electron chi connectivity index (χ2n) is 6.45. The Morgan fingerprint density at radius 1 is 1.40 bits per heavy atom. The summed E-state index contributed by atoms with van der Waals surface area (Å²) in [6.07, 6.45) is 6.67. The van der Waals surface area contributed by atoms with E-state index in [-0.39, 0.29) is 23.2 Å². The Labute approximate surface area is 124 Å². The van der Waals surface area contributed by atoms with Crippen molar-refractivity contribution in [3.8, 4) is 0 Å². The van der Waals surface area contributed by atoms with Crippen molar-refractivity contribution in [2.24, 2.45) is 0 Å². The third kappa shape index (κ3) is 3.75. The molecule has 0 bridgehead atoms. The molecule has 1 amide bonds. The minimum atomic E-state index is -0.163. The van der Waals surface area contributed by atoms with Crippen LogP contribution < -0.4 is 5.32 Å². The van der Waals surface area contributed by atoms with E-state index in [1.54, 1.807) is 0 Å². The lowest BCUT2D eigenvalue weighted by Crippen LogP contribution is -2.39. The maximum atomic E-state index is 12.2. The van der Waals surface area contributed by atoms with Gasteiger partial charge in [-0.25, -0.2) is 4.98 Å². The van der Waals surface area contributed by atoms with Gasteiger partial charge in [-0.05, 0) is 25.5 Å². The van der Waals surface area contributed by atoms with E-state index in [2.05, 4.69) is 26.8 Å². The van der Waals surface area contributed by atoms with Gasteiger partial charge in [-0.1, -0.05) is 27.2 Å². The lowest BCUT2D eigenvalue weighted by molar-refractivity contribution is 0.0918. The summed E-state index contributed by atoms with van der Waals surface area (Å²) in [6, 6.07) is 0.255. The molecule has 2 atom stereocenters. The molecule has 1 saturated carbocycles. The fraction of sp³-hybridized carbons (Fsp3) is 0.786. The average molecular weight is 296 g/mol. The van der Waals surface area contributed by atoms with Crippen LogP contribution >= 0.6 is 11.8 Å². The first-order chi connectivity index (χ1) is 9.40. The highest BCUT2D eigenvalue weighted by atomic mass is 32.2. The topological polar surface area (TPSA) is 70.7 Å². The quantitative estimate of drug-likeness (QED) is 0.899. The van der Waals surface area contributed by atoms with Crippen LogP contribution in [0.1, 0.15) is 62.9 Å². The van der Waals surface area contributed by atoms with Crippen LogP contribution in [0.2, 0.25) is 0 Å². The largest absolute Gasteiger partial charge is 0.346 e. The predicted octanol–water partition coefficient (Wildman–Crippen LogP) is 2.51. The third-order valence-electron chi connectivity index (χ3n) is 3.69. The maximum Gasteiger partial charge on any atom is 0.291 e. The van der Waals surface area contributed by atoms with Gasteiger partial charge in [0.2, 0.25) is 5.82 Å². The lowest BCUT2D eigenvalue weighted by Gasteiger charge is -2.28. The molecule has 6 heteroatoms. The van der Waals surface area contributed by atoms with Crippen molar-refractivity contribution in [2.45, 2.75) is 63.2 Å². The molecule has 0 saturated heterocycles. The average Bonchev–Trinajstić information content (AvgIpc) is 2.88. The summed E-state index contributed by atoms with van der Waals surface area (Å²) >= 11 is 1.89. The SMILES string of the molecule is CSC1CCCC(NC(=O)c2n[nH]c(C(C)(C)C)n2)C1. The molecule has 112 valence electrons. The van der Waals surface area contributed by atoms with E-state index in [4.69, 9.17) is 0 Å². The van der Waals surface area contributed by atoms with Gasteiger partial charge in [0.25, 0.3) is 5.91 Å². The molecule has 2 rings (SSSR count). The molecule has 1 fully saturated rings. The van der Waals surface area contributed by atoms with Gasteiger partial charge in [-0.15, -0.1) is 5.10 Å². The van der Waals surface area contributed by atoms with Gasteiger partial charge >= 0.3 is 0 Å². The first-order valence-corrected chi connectivity index (χ1v) is 8.45. The number of hydrogen-bond acceptors (Lipinski definition) is 4. The number of hydrogen-bond donors (Lipinski definition) is 2. The fourth-order valence-electron chi connectivity index (χ4n) is 2.44. The summed E-state index contributed by atoms with van der Waals surface area (Å²) in [6.45, 7) is 6.12. The maximum absolute atomic E-state index is 12.2. The molecule has 5 nitrogen and oxygen atoms in total. The molecule has 0 aromatic carbocycles. The molecule has 0 aliphatic heterocycles. The zero-order valence-electron chi connectivity index (χ0n) is 12.7. The van der Waals surface area contributed by atoms with E-state index in [1.807, 2.05) is 32.5 Å². The van der Waals surface area contributed by atoms with E-state index in [0.29, 0.717) is 5.25 Å². The van der Waals surface area contributed by atoms with Gasteiger partial charge < -0.3 is 5.32 Å². The number of amides is 1. The lowest BCUT2D eigenvalue weighted by atomic mass is 9.95. The number of carbonyl (C=O) groups is 1. The van der Waals surface area contributed by atoms with Gasteiger partial charge in [0.15, 0.2) is 0 Å². The normalized spacial score (nSPS) is 23.6. The van der Waals surface area contributed by atoms with Gasteiger partial charge in [0, 0.05) is 16.7 Å². The molecule has 1 aliphatic carbocycles. The smallest absolute Gasteiger partial charge is 0.291 e. The number of nitrogens with one attached hydrogen (secondary N) is 2. The van der Waals surface area contributed by atoms with Gasteiger partial charge in [0.1, 0.15) is 5.82 Å². The minimum Gasteiger partial charge on any atom is -0.346 e. The predicted molar refractivity (Wildman–Crippen MR) is 82.1 cm³/mol. The van der Waals surface area contributed by atoms with Crippen LogP contribution in [0.4, 0.5) is 0 Å². The summed E-state index contributed by atoms with van der Waals surface area (Å²) in [5.41, 5.74) is -0.125. The van der Waals surface area contributed by atoms with Crippen LogP contribution in [0, 0.1) is 0 Å². The van der Waals surface area contributed by atoms with Crippen molar-refractivity contribution in [1.82, 2.24) is 20.5 Å². The van der Waals surface area contributed by atoms with E-state index < -0.39 is 0 Å². The van der Waals surface area contributed by atoms with Crippen molar-refractivity contribution in [3.05, 3.63) is 11.6 Å². The molecule has 0 spiro atoms. The van der Waals surface area contributed by atoms with Crippen LogP contribution in [0.25, 0.3) is 0 Å². The Morgan fingerprint density at radius 2 is 2.15 bits per heavy atom. The second kappa shape index (κ2) is 6.16. The van der Waals surface area contributed by atoms with Crippen LogP contribution in [-0.4, -0.2) is 38.6 Å². The molecule has 1 aromatic rings. The number of nitrogens with zero attached hydrogens (tertiary/aromatic N) is 2. The van der Waals surface area contributed by atoms with Crippen molar-refractivity contribution < 1.29 is 4.79 Å². The Kier molecular flexibility index (Phi) is 4.73. The van der Waals surface area contributed by atoms with Crippen LogP contribution in [0.3, 0.4) is 0 Å². The first kappa shape index (κ1) is 15.4. The summed E-state index contributed by atoms with van der Waals surface area (Å²) in [5.74, 6) is 0.831. The van der Waals surface area contributed by atoms with E-state index in [9.17, 15) is 4.79 Å². The van der Waals surface area contributed by atoms with Gasteiger partial charge in [-0.2, -0.15) is 11.8 Å². The first-order valence-electron chi connectivity index (χ1n) is 7.16. The van der Waals surface area contributed by atoms with Crippen molar-refractivity contribution in [1.29, 1.82) is 0 Å². The van der Waals surface area contributed by atoms with Gasteiger partial charge in [-0.3, -0.25) is 9.89 Å². The zero-order valence-corrected chi connectivity index (χ0v) is 13.5. The molecule has 0 radical (unpaired) electrons. The Bertz CT molecular complexity index is 466. The van der Waals surface area contributed by atoms with Gasteiger partial charge in [0.05, 0.1) is 0 Å². The number of aromatic amines is 1. The number of thioether (sulfide) groups is 1. The zero-order chi connectivity index (χ0) is 14.8. The highest BCUT2D eigenvalue weighted by Gasteiger charge is 2.25. The molecule has 1 heterocycles. The highest BCUT2D eigenvalue weighted by molar-refractivity contribution is 7.99. The second-order valence-corrected chi connectivity index (χ2v) is 7.59. The summed E-state index contributed by atoms with van der Waals surface area (Å²) < 4.78 is 0. The molecule has 2 N–H and O–H groups in total. The number of rotatable bonds is 3. The number of H-pyrrole nitrogens is 1. The van der Waals surface area contributed by atoms with Crippen molar-refractivity contribution in [3.63, 3.8) is 0 Å². The third-order valence-corrected chi connectivity index (χ3v) is 4.79. The van der Waals surface area contributed by atoms with Crippen LogP contribution in [-0.2, 0) is 5.41 Å². The van der Waals surface area contributed by atoms with E-state index in [1.165, 1.54) is 12.8 Å². The monoisotopic (exact) mass is 296 g/mol. The number of carbonyl (C=O) groups excluding carboxylic acids is 1. The standard InChI is InChI=1S/C14H24N4OS/c1-14(2,3)13-16-11(17-18-13)12(19)15-9-6-5-7-10(8-9)20-4/h9-10H,5-8H2,1-4H3,(H,15,19)(H,16,17,18). The Balaban J connectivity index is 1.96. The Morgan fingerprint density at radius 3 is 2.75 bits per heavy atom. The Hall–Kier alpha value is -1.04. The van der Waals surface area contributed by atoms with Crippen molar-refractivity contribution >= 4 is 17.7 Å².